The second kappa shape index (κ2) is 17.4. The van der Waals surface area contributed by atoms with Crippen LogP contribution < -0.4 is 21.2 Å². The minimum absolute atomic E-state index is 0.00894. The molecule has 4 aliphatic heterocycles. The number of hydrogen-bond acceptors (Lipinski definition) is 11. The Morgan fingerprint density at radius 3 is 2.59 bits per heavy atom. The molecule has 0 spiro atoms. The molecule has 19 heteroatoms. The highest BCUT2D eigenvalue weighted by Crippen LogP contribution is 2.39. The van der Waals surface area contributed by atoms with Crippen molar-refractivity contribution in [3.8, 4) is 11.8 Å². The summed E-state index contributed by atoms with van der Waals surface area (Å²) < 4.78 is 47.2. The van der Waals surface area contributed by atoms with Gasteiger partial charge in [-0.15, -0.1) is 0 Å². The average Bonchev–Trinajstić information content (AvgIpc) is 3.70. The SMILES string of the molecule is C[C@H]1CN(CC2CCC(n3cc(NC(=O)c4cnn5ccc(N6C[C@H]7C[C@@H]6CO7)nc45)c(C(F)F)n3)CC2)CC[C@@H]1OCC#Cc1cccc2c1n(C1CC1)c(=O)n2C1CCC(=O)NC1=O. The van der Waals surface area contributed by atoms with Crippen molar-refractivity contribution in [1.82, 2.24) is 43.7 Å². The molecule has 2 N–H and O–H groups in total. The van der Waals surface area contributed by atoms with Crippen molar-refractivity contribution < 1.29 is 32.6 Å². The predicted octanol–water partition coefficient (Wildman–Crippen LogP) is 5.03. The maximum Gasteiger partial charge on any atom is 0.330 e. The molecule has 346 valence electrons. The van der Waals surface area contributed by atoms with Crippen LogP contribution in [0.3, 0.4) is 0 Å². The van der Waals surface area contributed by atoms with E-state index >= 15 is 0 Å². The molecule has 6 aliphatic rings. The smallest absolute Gasteiger partial charge is 0.330 e. The van der Waals surface area contributed by atoms with E-state index < -0.39 is 30.0 Å². The maximum atomic E-state index is 14.3. The molecule has 1 aromatic carbocycles. The molecule has 2 saturated carbocycles. The second-order valence-corrected chi connectivity index (χ2v) is 19.0. The van der Waals surface area contributed by atoms with Crippen LogP contribution in [0.5, 0.6) is 0 Å². The van der Waals surface area contributed by atoms with E-state index in [1.165, 1.54) is 15.3 Å². The number of rotatable bonds is 11. The van der Waals surface area contributed by atoms with E-state index in [2.05, 4.69) is 49.4 Å². The lowest BCUT2D eigenvalue weighted by atomic mass is 9.85. The number of carbonyl (C=O) groups excluding carboxylic acids is 3. The van der Waals surface area contributed by atoms with Gasteiger partial charge < -0.3 is 24.6 Å². The Morgan fingerprint density at radius 1 is 1.02 bits per heavy atom. The predicted molar refractivity (Wildman–Crippen MR) is 237 cm³/mol. The van der Waals surface area contributed by atoms with Crippen LogP contribution in [-0.2, 0) is 19.1 Å². The summed E-state index contributed by atoms with van der Waals surface area (Å²) in [6, 6.07) is 6.96. The summed E-state index contributed by atoms with van der Waals surface area (Å²) in [5.74, 6) is 6.61. The maximum absolute atomic E-state index is 14.3. The highest BCUT2D eigenvalue weighted by atomic mass is 19.3. The van der Waals surface area contributed by atoms with Crippen molar-refractivity contribution in [2.24, 2.45) is 11.8 Å². The van der Waals surface area contributed by atoms with Gasteiger partial charge in [0.2, 0.25) is 11.8 Å². The van der Waals surface area contributed by atoms with Gasteiger partial charge in [0.1, 0.15) is 24.0 Å². The zero-order chi connectivity index (χ0) is 45.2. The highest BCUT2D eigenvalue weighted by Gasteiger charge is 2.40. The van der Waals surface area contributed by atoms with E-state index in [4.69, 9.17) is 14.5 Å². The number of anilines is 2. The van der Waals surface area contributed by atoms with E-state index in [-0.39, 0.29) is 72.6 Å². The van der Waals surface area contributed by atoms with Crippen molar-refractivity contribution in [1.29, 1.82) is 0 Å². The molecule has 11 rings (SSSR count). The van der Waals surface area contributed by atoms with Gasteiger partial charge in [-0.2, -0.15) is 10.2 Å². The Hall–Kier alpha value is -5.97. The number of amides is 3. The summed E-state index contributed by atoms with van der Waals surface area (Å²) in [6.45, 7) is 6.59. The van der Waals surface area contributed by atoms with Crippen LogP contribution in [0.1, 0.15) is 117 Å². The molecule has 3 amide bonds. The molecule has 5 aromatic rings. The first-order valence-corrected chi connectivity index (χ1v) is 23.4. The van der Waals surface area contributed by atoms with Crippen molar-refractivity contribution in [2.45, 2.75) is 114 Å². The third kappa shape index (κ3) is 8.06. The summed E-state index contributed by atoms with van der Waals surface area (Å²) in [5, 5.41) is 13.7. The number of para-hydroxylation sites is 1. The van der Waals surface area contributed by atoms with Crippen LogP contribution in [0.2, 0.25) is 0 Å². The Morgan fingerprint density at radius 2 is 1.85 bits per heavy atom. The van der Waals surface area contributed by atoms with E-state index in [0.717, 1.165) is 88.9 Å². The molecule has 6 fully saturated rings. The molecular weight excluding hydrogens is 853 g/mol. The third-order valence-corrected chi connectivity index (χ3v) is 14.6. The Kier molecular flexibility index (Phi) is 11.2. The molecule has 66 heavy (non-hydrogen) atoms. The number of nitrogens with one attached hydrogen (secondary N) is 2. The number of benzene rings is 1. The monoisotopic (exact) mass is 905 g/mol. The first kappa shape index (κ1) is 42.7. The summed E-state index contributed by atoms with van der Waals surface area (Å²) >= 11 is 0. The lowest BCUT2D eigenvalue weighted by molar-refractivity contribution is -0.135. The largest absolute Gasteiger partial charge is 0.374 e. The summed E-state index contributed by atoms with van der Waals surface area (Å²) in [6.07, 6.45) is 9.61. The molecule has 17 nitrogen and oxygen atoms in total. The van der Waals surface area contributed by atoms with Gasteiger partial charge in [-0.1, -0.05) is 24.8 Å². The number of ether oxygens (including phenoxy) is 2. The second-order valence-electron chi connectivity index (χ2n) is 19.0. The summed E-state index contributed by atoms with van der Waals surface area (Å²) in [7, 11) is 0. The van der Waals surface area contributed by atoms with Crippen molar-refractivity contribution >= 4 is 45.9 Å². The quantitative estimate of drug-likeness (QED) is 0.134. The zero-order valence-corrected chi connectivity index (χ0v) is 36.8. The number of imide groups is 1. The van der Waals surface area contributed by atoms with Crippen molar-refractivity contribution in [2.75, 3.05) is 49.6 Å². The van der Waals surface area contributed by atoms with Gasteiger partial charge in [-0.05, 0) is 87.8 Å². The van der Waals surface area contributed by atoms with E-state index in [1.807, 2.05) is 24.3 Å². The molecule has 5 atom stereocenters. The van der Waals surface area contributed by atoms with Crippen LogP contribution in [0.15, 0.2) is 47.7 Å². The van der Waals surface area contributed by atoms with Crippen LogP contribution in [0, 0.1) is 23.7 Å². The molecular formula is C47H53F2N11O6. The van der Waals surface area contributed by atoms with E-state index in [1.54, 1.807) is 21.6 Å². The van der Waals surface area contributed by atoms with Gasteiger partial charge >= 0.3 is 5.69 Å². The van der Waals surface area contributed by atoms with E-state index in [9.17, 15) is 28.0 Å². The van der Waals surface area contributed by atoms with Gasteiger partial charge in [0, 0.05) is 51.0 Å². The van der Waals surface area contributed by atoms with Gasteiger partial charge in [-0.25, -0.2) is 23.1 Å². The number of piperidine rings is 2. The number of halogens is 2. The summed E-state index contributed by atoms with van der Waals surface area (Å²) in [5.41, 5.74) is 1.92. The number of morpholine rings is 1. The standard InChI is InChI=1S/C47H53F2N11O6/c1-27-22-55(17-15-38(27)65-19-3-5-29-4-2-6-36-42(29)59(31-11-12-31)47(64)60(36)37-13-14-40(61)53-46(37)63)23-28-7-9-30(10-8-28)58-25-35(41(54-58)43(48)49)51-45(62)34-21-50-57-18-16-39(52-44(34)57)56-24-33-20-32(56)26-66-33/h2,4,6,16,18,21,25,27-28,30-33,37-38,43H,7-15,17,19-20,22-24,26H2,1H3,(H,51,62)(H,53,61,63)/t27-,28?,30?,32+,33+,37?,38-/m0/s1. The van der Waals surface area contributed by atoms with Gasteiger partial charge in [-0.3, -0.25) is 33.5 Å². The van der Waals surface area contributed by atoms with Crippen LogP contribution in [-0.4, -0.2) is 114 Å². The van der Waals surface area contributed by atoms with Gasteiger partial charge in [0.25, 0.3) is 12.3 Å². The first-order chi connectivity index (χ1) is 32.1. The Bertz CT molecular complexity index is 2830. The molecule has 0 radical (unpaired) electrons. The number of imidazole rings is 1. The third-order valence-electron chi connectivity index (χ3n) is 14.6. The minimum Gasteiger partial charge on any atom is -0.374 e. The molecule has 4 saturated heterocycles. The Labute approximate surface area is 378 Å². The van der Waals surface area contributed by atoms with Crippen LogP contribution >= 0.6 is 0 Å². The summed E-state index contributed by atoms with van der Waals surface area (Å²) in [4.78, 5) is 61.4. The number of fused-ring (bicyclic) bond motifs is 4. The lowest BCUT2D eigenvalue weighted by Gasteiger charge is -2.39. The topological polar surface area (TPSA) is 175 Å². The van der Waals surface area contributed by atoms with Crippen molar-refractivity contribution in [3.05, 3.63) is 70.2 Å². The fraction of sp³-hybridized carbons (Fsp3) is 0.553. The first-order valence-electron chi connectivity index (χ1n) is 23.4. The van der Waals surface area contributed by atoms with Crippen LogP contribution in [0.25, 0.3) is 16.7 Å². The average molecular weight is 906 g/mol. The Balaban J connectivity index is 0.676. The molecule has 1 unspecified atom stereocenters. The van der Waals surface area contributed by atoms with E-state index in [0.29, 0.717) is 35.2 Å². The number of carbonyl (C=O) groups is 3. The molecule has 2 bridgehead atoms. The number of nitrogens with zero attached hydrogens (tertiary/aromatic N) is 9. The fourth-order valence-corrected chi connectivity index (χ4v) is 11.1. The molecule has 4 aromatic heterocycles. The number of alkyl halides is 2. The minimum atomic E-state index is -2.87. The van der Waals surface area contributed by atoms with Gasteiger partial charge in [0.15, 0.2) is 11.3 Å². The zero-order valence-electron chi connectivity index (χ0n) is 36.8. The van der Waals surface area contributed by atoms with Crippen LogP contribution in [0.4, 0.5) is 20.3 Å². The highest BCUT2D eigenvalue weighted by molar-refractivity contribution is 6.08. The normalized spacial score (nSPS) is 26.9. The molecule has 2 aliphatic carbocycles. The number of aromatic nitrogens is 7. The molecule has 8 heterocycles. The number of hydrogen-bond donors (Lipinski definition) is 2. The van der Waals surface area contributed by atoms with Crippen molar-refractivity contribution in [3.63, 3.8) is 0 Å². The van der Waals surface area contributed by atoms with Gasteiger partial charge in [0.05, 0.1) is 59.4 Å². The lowest BCUT2D eigenvalue weighted by Crippen LogP contribution is -2.45. The number of likely N-dealkylation sites (tertiary alicyclic amines) is 1. The fourth-order valence-electron chi connectivity index (χ4n) is 11.1.